The molecule has 0 saturated heterocycles. The van der Waals surface area contributed by atoms with Crippen LogP contribution in [-0.2, 0) is 6.42 Å². The standard InChI is InChI=1S/C13H16F2N2/c1-13(2,9-16)17(3)7-6-10-4-5-11(14)8-12(10)15/h4-5,8H,6-7H2,1-3H3. The first kappa shape index (κ1) is 13.6. The number of hydrogen-bond acceptors (Lipinski definition) is 2. The van der Waals surface area contributed by atoms with Crippen LogP contribution in [0.4, 0.5) is 8.78 Å². The summed E-state index contributed by atoms with van der Waals surface area (Å²) in [6.07, 6.45) is 0.452. The van der Waals surface area contributed by atoms with Gasteiger partial charge in [0.05, 0.1) is 6.07 Å². The Hall–Kier alpha value is -1.47. The molecule has 0 fully saturated rings. The second kappa shape index (κ2) is 5.24. The highest BCUT2D eigenvalue weighted by molar-refractivity contribution is 5.19. The van der Waals surface area contributed by atoms with Gasteiger partial charge in [-0.3, -0.25) is 4.90 Å². The summed E-state index contributed by atoms with van der Waals surface area (Å²) >= 11 is 0. The van der Waals surface area contributed by atoms with E-state index in [2.05, 4.69) is 6.07 Å². The van der Waals surface area contributed by atoms with Gasteiger partial charge in [-0.1, -0.05) is 6.07 Å². The molecule has 2 nitrogen and oxygen atoms in total. The van der Waals surface area contributed by atoms with Crippen LogP contribution >= 0.6 is 0 Å². The van der Waals surface area contributed by atoms with E-state index < -0.39 is 17.2 Å². The molecule has 0 spiro atoms. The molecule has 4 heteroatoms. The van der Waals surface area contributed by atoms with Gasteiger partial charge in [0, 0.05) is 12.6 Å². The highest BCUT2D eigenvalue weighted by Gasteiger charge is 2.22. The zero-order valence-electron chi connectivity index (χ0n) is 10.3. The van der Waals surface area contributed by atoms with Gasteiger partial charge in [0.2, 0.25) is 0 Å². The maximum absolute atomic E-state index is 13.4. The van der Waals surface area contributed by atoms with Crippen LogP contribution in [0.3, 0.4) is 0 Å². The monoisotopic (exact) mass is 238 g/mol. The molecule has 0 unspecified atom stereocenters. The average Bonchev–Trinajstić information content (AvgIpc) is 2.27. The molecular formula is C13H16F2N2. The van der Waals surface area contributed by atoms with Crippen LogP contribution in [0.15, 0.2) is 18.2 Å². The molecule has 0 saturated carbocycles. The van der Waals surface area contributed by atoms with Crippen molar-refractivity contribution < 1.29 is 8.78 Å². The first-order valence-electron chi connectivity index (χ1n) is 5.43. The maximum atomic E-state index is 13.4. The van der Waals surface area contributed by atoms with E-state index in [1.54, 1.807) is 13.8 Å². The number of likely N-dealkylation sites (N-methyl/N-ethyl adjacent to an activating group) is 1. The van der Waals surface area contributed by atoms with Crippen molar-refractivity contribution in [3.63, 3.8) is 0 Å². The van der Waals surface area contributed by atoms with Crippen LogP contribution in [0, 0.1) is 23.0 Å². The lowest BCUT2D eigenvalue weighted by atomic mass is 10.0. The van der Waals surface area contributed by atoms with E-state index in [1.807, 2.05) is 11.9 Å². The Balaban J connectivity index is 2.66. The zero-order valence-corrected chi connectivity index (χ0v) is 10.3. The molecule has 92 valence electrons. The molecule has 17 heavy (non-hydrogen) atoms. The molecule has 0 bridgehead atoms. The molecule has 1 rings (SSSR count). The number of hydrogen-bond donors (Lipinski definition) is 0. The van der Waals surface area contributed by atoms with Crippen LogP contribution in [0.2, 0.25) is 0 Å². The molecular weight excluding hydrogens is 222 g/mol. The van der Waals surface area contributed by atoms with Crippen LogP contribution < -0.4 is 0 Å². The van der Waals surface area contributed by atoms with Crippen LogP contribution in [0.25, 0.3) is 0 Å². The first-order valence-corrected chi connectivity index (χ1v) is 5.43. The van der Waals surface area contributed by atoms with E-state index in [9.17, 15) is 8.78 Å². The molecule has 1 aromatic carbocycles. The van der Waals surface area contributed by atoms with E-state index in [-0.39, 0.29) is 0 Å². The molecule has 1 aromatic rings. The zero-order chi connectivity index (χ0) is 13.1. The molecule has 0 N–H and O–H groups in total. The van der Waals surface area contributed by atoms with Gasteiger partial charge in [0.25, 0.3) is 0 Å². The van der Waals surface area contributed by atoms with Crippen LogP contribution in [0.5, 0.6) is 0 Å². The molecule has 0 amide bonds. The summed E-state index contributed by atoms with van der Waals surface area (Å²) < 4.78 is 26.1. The largest absolute Gasteiger partial charge is 0.289 e. The van der Waals surface area contributed by atoms with E-state index in [0.717, 1.165) is 6.07 Å². The second-order valence-electron chi connectivity index (χ2n) is 4.58. The minimum absolute atomic E-state index is 0.452. The fourth-order valence-corrected chi connectivity index (χ4v) is 1.38. The van der Waals surface area contributed by atoms with Crippen molar-refractivity contribution in [3.8, 4) is 6.07 Å². The van der Waals surface area contributed by atoms with E-state index >= 15 is 0 Å². The summed E-state index contributed by atoms with van der Waals surface area (Å²) in [5, 5.41) is 8.94. The highest BCUT2D eigenvalue weighted by atomic mass is 19.1. The molecule has 0 aromatic heterocycles. The minimum atomic E-state index is -0.587. The molecule has 0 heterocycles. The predicted molar refractivity (Wildman–Crippen MR) is 62.4 cm³/mol. The number of nitrogens with zero attached hydrogens (tertiary/aromatic N) is 2. The number of rotatable bonds is 4. The molecule has 0 aliphatic rings. The van der Waals surface area contributed by atoms with Gasteiger partial charge >= 0.3 is 0 Å². The lowest BCUT2D eigenvalue weighted by molar-refractivity contribution is 0.213. The summed E-state index contributed by atoms with van der Waals surface area (Å²) in [5.41, 5.74) is -0.122. The normalized spacial score (nSPS) is 11.6. The lowest BCUT2D eigenvalue weighted by Crippen LogP contribution is -2.40. The Bertz CT molecular complexity index is 436. The van der Waals surface area contributed by atoms with E-state index in [1.165, 1.54) is 12.1 Å². The Labute approximate surface area is 100 Å². The van der Waals surface area contributed by atoms with Crippen molar-refractivity contribution in [2.24, 2.45) is 0 Å². The SMILES string of the molecule is CN(CCc1ccc(F)cc1F)C(C)(C)C#N. The van der Waals surface area contributed by atoms with Crippen molar-refractivity contribution in [1.29, 1.82) is 5.26 Å². The number of halogens is 2. The Morgan fingerprint density at radius 3 is 2.53 bits per heavy atom. The van der Waals surface area contributed by atoms with Crippen molar-refractivity contribution in [2.75, 3.05) is 13.6 Å². The third-order valence-corrected chi connectivity index (χ3v) is 2.96. The van der Waals surface area contributed by atoms with Gasteiger partial charge in [-0.15, -0.1) is 0 Å². The first-order chi connectivity index (χ1) is 7.86. The Kier molecular flexibility index (Phi) is 4.19. The van der Waals surface area contributed by atoms with Gasteiger partial charge < -0.3 is 0 Å². The highest BCUT2D eigenvalue weighted by Crippen LogP contribution is 2.14. The lowest BCUT2D eigenvalue weighted by Gasteiger charge is -2.28. The van der Waals surface area contributed by atoms with Gasteiger partial charge in [0.1, 0.15) is 17.2 Å². The van der Waals surface area contributed by atoms with Crippen molar-refractivity contribution in [3.05, 3.63) is 35.4 Å². The van der Waals surface area contributed by atoms with Gasteiger partial charge in [-0.2, -0.15) is 5.26 Å². The average molecular weight is 238 g/mol. The third kappa shape index (κ3) is 3.50. The smallest absolute Gasteiger partial charge is 0.129 e. The number of nitriles is 1. The quantitative estimate of drug-likeness (QED) is 0.806. The van der Waals surface area contributed by atoms with Crippen LogP contribution in [0.1, 0.15) is 19.4 Å². The summed E-state index contributed by atoms with van der Waals surface area (Å²) in [6, 6.07) is 5.74. The maximum Gasteiger partial charge on any atom is 0.129 e. The molecule has 0 aliphatic carbocycles. The summed E-state index contributed by atoms with van der Waals surface area (Å²) in [5.74, 6) is -1.11. The van der Waals surface area contributed by atoms with Crippen LogP contribution in [-0.4, -0.2) is 24.0 Å². The summed E-state index contributed by atoms with van der Waals surface area (Å²) in [4.78, 5) is 1.84. The molecule has 0 atom stereocenters. The van der Waals surface area contributed by atoms with E-state index in [4.69, 9.17) is 5.26 Å². The third-order valence-electron chi connectivity index (χ3n) is 2.96. The van der Waals surface area contributed by atoms with Crippen molar-refractivity contribution in [1.82, 2.24) is 4.90 Å². The predicted octanol–water partition coefficient (Wildman–Crippen LogP) is 2.74. The molecule has 0 radical (unpaired) electrons. The van der Waals surface area contributed by atoms with Gasteiger partial charge in [-0.05, 0) is 38.9 Å². The van der Waals surface area contributed by atoms with Gasteiger partial charge in [-0.25, -0.2) is 8.78 Å². The summed E-state index contributed by atoms with van der Waals surface area (Å²) in [6.45, 7) is 4.14. The Morgan fingerprint density at radius 1 is 1.35 bits per heavy atom. The fraction of sp³-hybridized carbons (Fsp3) is 0.462. The molecule has 0 aliphatic heterocycles. The second-order valence-corrected chi connectivity index (χ2v) is 4.58. The topological polar surface area (TPSA) is 27.0 Å². The van der Waals surface area contributed by atoms with Crippen molar-refractivity contribution >= 4 is 0 Å². The Morgan fingerprint density at radius 2 is 2.00 bits per heavy atom. The van der Waals surface area contributed by atoms with Crippen molar-refractivity contribution in [2.45, 2.75) is 25.8 Å². The minimum Gasteiger partial charge on any atom is -0.289 e. The fourth-order valence-electron chi connectivity index (χ4n) is 1.38. The van der Waals surface area contributed by atoms with E-state index in [0.29, 0.717) is 18.5 Å². The van der Waals surface area contributed by atoms with Gasteiger partial charge in [0.15, 0.2) is 0 Å². The number of benzene rings is 1. The summed E-state index contributed by atoms with van der Waals surface area (Å²) in [7, 11) is 1.81.